The number of hydrogen-bond acceptors (Lipinski definition) is 8. The number of carbonyl (C=O) groups is 3. The Morgan fingerprint density at radius 1 is 1.20 bits per heavy atom. The summed E-state index contributed by atoms with van der Waals surface area (Å²) in [5.74, 6) is -3.73. The Morgan fingerprint density at radius 2 is 1.72 bits per heavy atom. The zero-order chi connectivity index (χ0) is 19.6. The lowest BCUT2D eigenvalue weighted by Crippen LogP contribution is -2.40. The van der Waals surface area contributed by atoms with Crippen molar-refractivity contribution in [1.29, 1.82) is 0 Å². The number of amides is 1. The van der Waals surface area contributed by atoms with Gasteiger partial charge >= 0.3 is 11.9 Å². The maximum absolute atomic E-state index is 11.3. The third kappa shape index (κ3) is 8.15. The SMILES string of the molecule is CC(=O)N[C@@H](CS)C(=O)O.CCCOC(=O)c1cc(O)c(O)c(O)c1. The van der Waals surface area contributed by atoms with Gasteiger partial charge in [0.05, 0.1) is 12.2 Å². The fourth-order valence-corrected chi connectivity index (χ4v) is 1.68. The van der Waals surface area contributed by atoms with Crippen molar-refractivity contribution in [3.8, 4) is 17.2 Å². The summed E-state index contributed by atoms with van der Waals surface area (Å²) in [4.78, 5) is 31.8. The maximum atomic E-state index is 11.3. The van der Waals surface area contributed by atoms with Gasteiger partial charge in [-0.05, 0) is 18.6 Å². The number of nitrogens with one attached hydrogen (secondary N) is 1. The number of carboxylic acids is 1. The van der Waals surface area contributed by atoms with Gasteiger partial charge in [-0.1, -0.05) is 6.92 Å². The van der Waals surface area contributed by atoms with Crippen molar-refractivity contribution in [3.63, 3.8) is 0 Å². The van der Waals surface area contributed by atoms with E-state index in [1.807, 2.05) is 6.92 Å². The molecule has 0 radical (unpaired) electrons. The van der Waals surface area contributed by atoms with E-state index in [2.05, 4.69) is 17.9 Å². The van der Waals surface area contributed by atoms with Gasteiger partial charge in [0.2, 0.25) is 5.91 Å². The van der Waals surface area contributed by atoms with Crippen molar-refractivity contribution in [3.05, 3.63) is 17.7 Å². The molecular weight excluding hydrogens is 354 g/mol. The van der Waals surface area contributed by atoms with Gasteiger partial charge in [0.1, 0.15) is 6.04 Å². The highest BCUT2D eigenvalue weighted by Gasteiger charge is 2.15. The van der Waals surface area contributed by atoms with Crippen molar-refractivity contribution in [1.82, 2.24) is 5.32 Å². The molecule has 0 aromatic heterocycles. The molecule has 5 N–H and O–H groups in total. The van der Waals surface area contributed by atoms with Crippen molar-refractivity contribution >= 4 is 30.5 Å². The lowest BCUT2D eigenvalue weighted by atomic mass is 10.2. The molecule has 0 bridgehead atoms. The molecule has 0 spiro atoms. The predicted octanol–water partition coefficient (Wildman–Crippen LogP) is 0.876. The molecule has 0 unspecified atom stereocenters. The molecule has 1 aromatic carbocycles. The van der Waals surface area contributed by atoms with Crippen LogP contribution in [-0.4, -0.2) is 56.7 Å². The summed E-state index contributed by atoms with van der Waals surface area (Å²) in [6, 6.07) is 1.20. The Balaban J connectivity index is 0.000000504. The van der Waals surface area contributed by atoms with E-state index in [0.29, 0.717) is 6.42 Å². The number of phenols is 3. The molecule has 10 heteroatoms. The summed E-state index contributed by atoms with van der Waals surface area (Å²) in [5.41, 5.74) is -0.00347. The van der Waals surface area contributed by atoms with Crippen LogP contribution in [0.4, 0.5) is 0 Å². The van der Waals surface area contributed by atoms with Gasteiger partial charge in [0, 0.05) is 12.7 Å². The number of aliphatic carboxylic acids is 1. The average molecular weight is 375 g/mol. The number of esters is 1. The normalized spacial score (nSPS) is 10.8. The Hall–Kier alpha value is -2.62. The highest BCUT2D eigenvalue weighted by molar-refractivity contribution is 7.80. The van der Waals surface area contributed by atoms with Gasteiger partial charge in [0.15, 0.2) is 17.2 Å². The zero-order valence-electron chi connectivity index (χ0n) is 13.7. The third-order valence-corrected chi connectivity index (χ3v) is 2.97. The van der Waals surface area contributed by atoms with E-state index >= 15 is 0 Å². The summed E-state index contributed by atoms with van der Waals surface area (Å²) < 4.78 is 4.78. The van der Waals surface area contributed by atoms with Crippen molar-refractivity contribution in [2.75, 3.05) is 12.4 Å². The minimum atomic E-state index is -1.06. The monoisotopic (exact) mass is 375 g/mol. The van der Waals surface area contributed by atoms with Crippen LogP contribution in [0.15, 0.2) is 12.1 Å². The highest BCUT2D eigenvalue weighted by atomic mass is 32.1. The molecule has 140 valence electrons. The minimum Gasteiger partial charge on any atom is -0.504 e. The molecule has 0 aliphatic heterocycles. The molecule has 9 nitrogen and oxygen atoms in total. The van der Waals surface area contributed by atoms with Gasteiger partial charge < -0.3 is 30.5 Å². The van der Waals surface area contributed by atoms with Crippen LogP contribution in [0, 0.1) is 0 Å². The molecule has 0 fully saturated rings. The fraction of sp³-hybridized carbons (Fsp3) is 0.400. The van der Waals surface area contributed by atoms with Crippen molar-refractivity contribution < 1.29 is 39.5 Å². The molecule has 1 rings (SSSR count). The van der Waals surface area contributed by atoms with Gasteiger partial charge in [-0.25, -0.2) is 9.59 Å². The number of rotatable bonds is 6. The second-order valence-corrected chi connectivity index (χ2v) is 5.14. The molecule has 0 aliphatic rings. The first-order chi connectivity index (χ1) is 11.6. The first-order valence-corrected chi connectivity index (χ1v) is 7.80. The van der Waals surface area contributed by atoms with Crippen LogP contribution in [0.2, 0.25) is 0 Å². The van der Waals surface area contributed by atoms with Crippen LogP contribution in [-0.2, 0) is 14.3 Å². The quantitative estimate of drug-likeness (QED) is 0.243. The topological polar surface area (TPSA) is 153 Å². The number of thiol groups is 1. The van der Waals surface area contributed by atoms with Crippen LogP contribution in [0.3, 0.4) is 0 Å². The lowest BCUT2D eigenvalue weighted by molar-refractivity contribution is -0.140. The third-order valence-electron chi connectivity index (χ3n) is 2.60. The number of aromatic hydroxyl groups is 3. The maximum Gasteiger partial charge on any atom is 0.338 e. The Kier molecular flexibility index (Phi) is 9.87. The van der Waals surface area contributed by atoms with E-state index in [4.69, 9.17) is 25.2 Å². The molecule has 25 heavy (non-hydrogen) atoms. The van der Waals surface area contributed by atoms with E-state index in [0.717, 1.165) is 12.1 Å². The smallest absolute Gasteiger partial charge is 0.338 e. The van der Waals surface area contributed by atoms with Crippen molar-refractivity contribution in [2.45, 2.75) is 26.3 Å². The predicted molar refractivity (Wildman–Crippen MR) is 91.1 cm³/mol. The molecule has 1 atom stereocenters. The second-order valence-electron chi connectivity index (χ2n) is 4.77. The lowest BCUT2D eigenvalue weighted by Gasteiger charge is -2.08. The Bertz CT molecular complexity index is 597. The standard InChI is InChI=1S/C10H12O5.C5H9NO3S/c1-2-3-15-10(14)6-4-7(11)9(13)8(12)5-6;1-3(7)6-4(2-10)5(8)9/h4-5,11-13H,2-3H2,1H3;4,10H,2H2,1H3,(H,6,7)(H,8,9)/t;4-/m.0/s1. The highest BCUT2D eigenvalue weighted by Crippen LogP contribution is 2.35. The summed E-state index contributed by atoms with van der Waals surface area (Å²) in [7, 11) is 0. The van der Waals surface area contributed by atoms with Gasteiger partial charge in [-0.2, -0.15) is 12.6 Å². The molecule has 0 saturated heterocycles. The van der Waals surface area contributed by atoms with E-state index in [1.165, 1.54) is 6.92 Å². The molecule has 1 aromatic rings. The number of hydrogen-bond donors (Lipinski definition) is 6. The van der Waals surface area contributed by atoms with Crippen LogP contribution in [0.25, 0.3) is 0 Å². The van der Waals surface area contributed by atoms with Crippen LogP contribution in [0.1, 0.15) is 30.6 Å². The summed E-state index contributed by atoms with van der Waals surface area (Å²) >= 11 is 3.73. The number of ether oxygens (including phenoxy) is 1. The number of carbonyl (C=O) groups excluding carboxylic acids is 2. The van der Waals surface area contributed by atoms with E-state index in [9.17, 15) is 14.4 Å². The zero-order valence-corrected chi connectivity index (χ0v) is 14.6. The second kappa shape index (κ2) is 11.0. The molecule has 1 amide bonds. The molecular formula is C15H21NO8S. The van der Waals surface area contributed by atoms with Gasteiger partial charge in [0.25, 0.3) is 0 Å². The first kappa shape index (κ1) is 22.4. The number of carboxylic acid groups (broad SMARTS) is 1. The molecule has 0 saturated carbocycles. The van der Waals surface area contributed by atoms with Gasteiger partial charge in [-0.3, -0.25) is 4.79 Å². The van der Waals surface area contributed by atoms with E-state index < -0.39 is 35.2 Å². The Morgan fingerprint density at radius 3 is 2.04 bits per heavy atom. The van der Waals surface area contributed by atoms with E-state index in [-0.39, 0.29) is 23.8 Å². The van der Waals surface area contributed by atoms with Crippen LogP contribution in [0.5, 0.6) is 17.2 Å². The van der Waals surface area contributed by atoms with Gasteiger partial charge in [-0.15, -0.1) is 0 Å². The summed E-state index contributed by atoms with van der Waals surface area (Å²) in [5, 5.41) is 37.9. The minimum absolute atomic E-state index is 0.00347. The average Bonchev–Trinajstić information content (AvgIpc) is 2.54. The summed E-state index contributed by atoms with van der Waals surface area (Å²) in [6.07, 6.45) is 0.682. The van der Waals surface area contributed by atoms with Crippen LogP contribution < -0.4 is 5.32 Å². The summed E-state index contributed by atoms with van der Waals surface area (Å²) in [6.45, 7) is 3.37. The molecule has 0 aliphatic carbocycles. The Labute approximate surface area is 149 Å². The van der Waals surface area contributed by atoms with Crippen molar-refractivity contribution in [2.24, 2.45) is 0 Å². The fourth-order valence-electron chi connectivity index (χ4n) is 1.43. The number of benzene rings is 1. The van der Waals surface area contributed by atoms with Crippen LogP contribution >= 0.6 is 12.6 Å². The largest absolute Gasteiger partial charge is 0.504 e. The molecule has 0 heterocycles. The first-order valence-electron chi connectivity index (χ1n) is 7.16. The number of phenolic OH excluding ortho intramolecular Hbond substituents is 3. The van der Waals surface area contributed by atoms with E-state index in [1.54, 1.807) is 0 Å².